The van der Waals surface area contributed by atoms with Crippen LogP contribution in [0.4, 0.5) is 0 Å². The third-order valence-corrected chi connectivity index (χ3v) is 7.09. The highest BCUT2D eigenvalue weighted by Crippen LogP contribution is 2.31. The topological polar surface area (TPSA) is 98.3 Å². The molecule has 1 aliphatic rings. The maximum absolute atomic E-state index is 13.1. The van der Waals surface area contributed by atoms with Gasteiger partial charge in [0.25, 0.3) is 5.91 Å². The fraction of sp³-hybridized carbons (Fsp3) is 0.429. The number of carbonyl (C=O) groups is 1. The normalized spacial score (nSPS) is 15.0. The molecule has 0 unspecified atom stereocenters. The summed E-state index contributed by atoms with van der Waals surface area (Å²) >= 11 is 6.19. The molecule has 0 aliphatic carbocycles. The average molecular weight is 484 g/mol. The van der Waals surface area contributed by atoms with Crippen LogP contribution < -0.4 is 14.2 Å². The number of piperazine rings is 1. The lowest BCUT2D eigenvalue weighted by Crippen LogP contribution is -2.50. The molecular weight excluding hydrogens is 458 g/mol. The highest BCUT2D eigenvalue weighted by molar-refractivity contribution is 7.89. The molecule has 1 aliphatic heterocycles. The van der Waals surface area contributed by atoms with E-state index in [9.17, 15) is 13.2 Å². The molecule has 1 fully saturated rings. The molecule has 9 nitrogen and oxygen atoms in total. The number of hydrogen-bond acceptors (Lipinski definition) is 7. The highest BCUT2D eigenvalue weighted by Gasteiger charge is 2.31. The standard InChI is InChI=1S/C21H26ClN3O6S/c1-14(2)31-20-17(22)11-15(13-23-20)21(26)24-7-9-25(10-8-24)32(27,28)16-5-6-18(29-3)19(12-16)30-4/h5-6,11-14H,7-10H2,1-4H3. The van der Waals surface area contributed by atoms with Crippen LogP contribution in [0.5, 0.6) is 17.4 Å². The van der Waals surface area contributed by atoms with Crippen molar-refractivity contribution in [1.82, 2.24) is 14.2 Å². The van der Waals surface area contributed by atoms with Gasteiger partial charge in [0.05, 0.1) is 30.8 Å². The predicted octanol–water partition coefficient (Wildman–Crippen LogP) is 2.69. The highest BCUT2D eigenvalue weighted by atomic mass is 35.5. The molecule has 0 atom stereocenters. The van der Waals surface area contributed by atoms with Crippen molar-refractivity contribution < 1.29 is 27.4 Å². The Morgan fingerprint density at radius 3 is 2.28 bits per heavy atom. The number of carbonyl (C=O) groups excluding carboxylic acids is 1. The smallest absolute Gasteiger partial charge is 0.255 e. The van der Waals surface area contributed by atoms with Gasteiger partial charge in [0.2, 0.25) is 15.9 Å². The Morgan fingerprint density at radius 1 is 1.06 bits per heavy atom. The lowest BCUT2D eigenvalue weighted by Gasteiger charge is -2.34. The maximum atomic E-state index is 13.1. The van der Waals surface area contributed by atoms with E-state index in [1.165, 1.54) is 42.9 Å². The van der Waals surface area contributed by atoms with Crippen LogP contribution in [0, 0.1) is 0 Å². The van der Waals surface area contributed by atoms with E-state index >= 15 is 0 Å². The van der Waals surface area contributed by atoms with Crippen molar-refractivity contribution >= 4 is 27.5 Å². The second kappa shape index (κ2) is 9.93. The molecule has 2 aromatic rings. The fourth-order valence-corrected chi connectivity index (χ4v) is 4.94. The van der Waals surface area contributed by atoms with Gasteiger partial charge in [-0.15, -0.1) is 0 Å². The van der Waals surface area contributed by atoms with Gasteiger partial charge in [0, 0.05) is 38.4 Å². The zero-order valence-electron chi connectivity index (χ0n) is 18.4. The summed E-state index contributed by atoms with van der Waals surface area (Å²) in [6, 6.07) is 5.97. The maximum Gasteiger partial charge on any atom is 0.255 e. The van der Waals surface area contributed by atoms with E-state index < -0.39 is 10.0 Å². The van der Waals surface area contributed by atoms with E-state index in [-0.39, 0.29) is 54.0 Å². The minimum absolute atomic E-state index is 0.0951. The van der Waals surface area contributed by atoms with Gasteiger partial charge in [-0.25, -0.2) is 13.4 Å². The number of benzene rings is 1. The first-order chi connectivity index (χ1) is 15.2. The molecule has 0 saturated carbocycles. The van der Waals surface area contributed by atoms with Gasteiger partial charge in [-0.1, -0.05) is 11.6 Å². The zero-order chi connectivity index (χ0) is 23.5. The van der Waals surface area contributed by atoms with Crippen molar-refractivity contribution in [2.75, 3.05) is 40.4 Å². The van der Waals surface area contributed by atoms with E-state index in [2.05, 4.69) is 4.98 Å². The lowest BCUT2D eigenvalue weighted by atomic mass is 10.2. The molecule has 2 heterocycles. The van der Waals surface area contributed by atoms with Crippen molar-refractivity contribution in [2.45, 2.75) is 24.8 Å². The molecule has 0 N–H and O–H groups in total. The third-order valence-electron chi connectivity index (χ3n) is 4.92. The van der Waals surface area contributed by atoms with Gasteiger partial charge in [-0.3, -0.25) is 4.79 Å². The summed E-state index contributed by atoms with van der Waals surface area (Å²) in [6.45, 7) is 4.52. The molecule has 1 saturated heterocycles. The number of ether oxygens (including phenoxy) is 3. The van der Waals surface area contributed by atoms with E-state index in [0.717, 1.165) is 0 Å². The summed E-state index contributed by atoms with van der Waals surface area (Å²) in [7, 11) is -0.820. The molecule has 1 amide bonds. The number of sulfonamides is 1. The molecular formula is C21H26ClN3O6S. The van der Waals surface area contributed by atoms with E-state index in [0.29, 0.717) is 17.1 Å². The van der Waals surface area contributed by atoms with Gasteiger partial charge in [0.1, 0.15) is 5.02 Å². The Balaban J connectivity index is 1.69. The predicted molar refractivity (Wildman–Crippen MR) is 119 cm³/mol. The molecule has 0 spiro atoms. The van der Waals surface area contributed by atoms with Crippen LogP contribution in [0.1, 0.15) is 24.2 Å². The molecule has 0 radical (unpaired) electrons. The first kappa shape index (κ1) is 24.1. The van der Waals surface area contributed by atoms with Crippen LogP contribution in [0.25, 0.3) is 0 Å². The zero-order valence-corrected chi connectivity index (χ0v) is 19.9. The summed E-state index contributed by atoms with van der Waals surface area (Å²) in [5.74, 6) is 0.776. The molecule has 3 rings (SSSR count). The summed E-state index contributed by atoms with van der Waals surface area (Å²) in [6.07, 6.45) is 1.32. The van der Waals surface area contributed by atoms with Crippen molar-refractivity contribution in [3.05, 3.63) is 41.0 Å². The number of hydrogen-bond donors (Lipinski definition) is 0. The van der Waals surface area contributed by atoms with Gasteiger partial charge in [-0.05, 0) is 32.0 Å². The summed E-state index contributed by atoms with van der Waals surface area (Å²) in [5, 5.41) is 0.249. The second-order valence-corrected chi connectivity index (χ2v) is 9.74. The second-order valence-electron chi connectivity index (χ2n) is 7.39. The molecule has 11 heteroatoms. The van der Waals surface area contributed by atoms with Crippen LogP contribution in [-0.2, 0) is 10.0 Å². The van der Waals surface area contributed by atoms with Crippen LogP contribution in [0.2, 0.25) is 5.02 Å². The quantitative estimate of drug-likeness (QED) is 0.597. The number of halogens is 1. The number of aromatic nitrogens is 1. The Morgan fingerprint density at radius 2 is 1.72 bits per heavy atom. The minimum atomic E-state index is -3.75. The largest absolute Gasteiger partial charge is 0.493 e. The van der Waals surface area contributed by atoms with Gasteiger partial charge < -0.3 is 19.1 Å². The number of nitrogens with zero attached hydrogens (tertiary/aromatic N) is 3. The van der Waals surface area contributed by atoms with Crippen LogP contribution in [-0.4, -0.2) is 75.0 Å². The Labute approximate surface area is 192 Å². The molecule has 1 aromatic heterocycles. The SMILES string of the molecule is COc1ccc(S(=O)(=O)N2CCN(C(=O)c3cnc(OC(C)C)c(Cl)c3)CC2)cc1OC. The van der Waals surface area contributed by atoms with Crippen LogP contribution >= 0.6 is 11.6 Å². The summed E-state index contributed by atoms with van der Waals surface area (Å²) < 4.78 is 43.3. The molecule has 1 aromatic carbocycles. The van der Waals surface area contributed by atoms with E-state index in [4.69, 9.17) is 25.8 Å². The molecule has 32 heavy (non-hydrogen) atoms. The third kappa shape index (κ3) is 5.08. The average Bonchev–Trinajstić information content (AvgIpc) is 2.79. The number of methoxy groups -OCH3 is 2. The minimum Gasteiger partial charge on any atom is -0.493 e. The first-order valence-electron chi connectivity index (χ1n) is 10.0. The van der Waals surface area contributed by atoms with E-state index in [1.54, 1.807) is 11.0 Å². The number of pyridine rings is 1. The Kier molecular flexibility index (Phi) is 7.47. The molecule has 0 bridgehead atoms. The van der Waals surface area contributed by atoms with Gasteiger partial charge >= 0.3 is 0 Å². The van der Waals surface area contributed by atoms with Crippen LogP contribution in [0.3, 0.4) is 0 Å². The van der Waals surface area contributed by atoms with Crippen molar-refractivity contribution in [2.24, 2.45) is 0 Å². The summed E-state index contributed by atoms with van der Waals surface area (Å²) in [4.78, 5) is 18.7. The van der Waals surface area contributed by atoms with Gasteiger partial charge in [0.15, 0.2) is 11.5 Å². The summed E-state index contributed by atoms with van der Waals surface area (Å²) in [5.41, 5.74) is 0.322. The van der Waals surface area contributed by atoms with Crippen molar-refractivity contribution in [1.29, 1.82) is 0 Å². The fourth-order valence-electron chi connectivity index (χ4n) is 3.29. The van der Waals surface area contributed by atoms with E-state index in [1.807, 2.05) is 13.8 Å². The molecule has 174 valence electrons. The first-order valence-corrected chi connectivity index (χ1v) is 11.8. The van der Waals surface area contributed by atoms with Gasteiger partial charge in [-0.2, -0.15) is 4.31 Å². The number of rotatable bonds is 7. The van der Waals surface area contributed by atoms with Crippen molar-refractivity contribution in [3.8, 4) is 17.4 Å². The Bertz CT molecular complexity index is 1080. The Hall–Kier alpha value is -2.56. The van der Waals surface area contributed by atoms with Crippen LogP contribution in [0.15, 0.2) is 35.4 Å². The number of amides is 1. The van der Waals surface area contributed by atoms with Crippen molar-refractivity contribution in [3.63, 3.8) is 0 Å². The monoisotopic (exact) mass is 483 g/mol. The lowest BCUT2D eigenvalue weighted by molar-refractivity contribution is 0.0697.